The van der Waals surface area contributed by atoms with Gasteiger partial charge in [0.25, 0.3) is 5.92 Å². The lowest BCUT2D eigenvalue weighted by atomic mass is 10.1. The Morgan fingerprint density at radius 1 is 1.36 bits per heavy atom. The molecule has 0 N–H and O–H groups in total. The Balaban J connectivity index is 3.28. The summed E-state index contributed by atoms with van der Waals surface area (Å²) < 4.78 is 43.7. The number of halogens is 4. The fourth-order valence-electron chi connectivity index (χ4n) is 1.01. The molecule has 0 aliphatic rings. The Bertz CT molecular complexity index is 323. The van der Waals surface area contributed by atoms with Crippen LogP contribution in [-0.4, -0.2) is 7.11 Å². The summed E-state index contributed by atoms with van der Waals surface area (Å²) in [7, 11) is 1.27. The largest absolute Gasteiger partial charge is 0.492 e. The molecule has 0 saturated heterocycles. The lowest BCUT2D eigenvalue weighted by Crippen LogP contribution is -2.08. The van der Waals surface area contributed by atoms with E-state index in [1.54, 1.807) is 0 Å². The molecule has 0 amide bonds. The number of rotatable bonds is 2. The first-order valence-corrected chi connectivity index (χ1v) is 4.57. The Morgan fingerprint density at radius 2 is 1.93 bits per heavy atom. The molecule has 0 radical (unpaired) electrons. The maximum atomic E-state index is 13.2. The minimum absolute atomic E-state index is 0.0713. The van der Waals surface area contributed by atoms with E-state index in [1.165, 1.54) is 7.11 Å². The monoisotopic (exact) mass is 268 g/mol. The molecule has 0 saturated carbocycles. The molecule has 5 heteroatoms. The molecular formula is C9H8BrF3O. The average Bonchev–Trinajstić information content (AvgIpc) is 2.01. The van der Waals surface area contributed by atoms with Crippen LogP contribution in [0.3, 0.4) is 0 Å². The third-order valence-electron chi connectivity index (χ3n) is 1.71. The highest BCUT2D eigenvalue weighted by Gasteiger charge is 2.26. The summed E-state index contributed by atoms with van der Waals surface area (Å²) >= 11 is 2.95. The van der Waals surface area contributed by atoms with E-state index in [0.717, 1.165) is 12.1 Å². The van der Waals surface area contributed by atoms with E-state index in [0.29, 0.717) is 6.92 Å². The van der Waals surface area contributed by atoms with E-state index in [2.05, 4.69) is 20.7 Å². The molecule has 1 aromatic rings. The van der Waals surface area contributed by atoms with Crippen molar-refractivity contribution in [2.24, 2.45) is 0 Å². The van der Waals surface area contributed by atoms with E-state index >= 15 is 0 Å². The van der Waals surface area contributed by atoms with Gasteiger partial charge in [-0.15, -0.1) is 0 Å². The Labute approximate surface area is 88.0 Å². The van der Waals surface area contributed by atoms with Crippen LogP contribution in [0.15, 0.2) is 16.6 Å². The average molecular weight is 269 g/mol. The van der Waals surface area contributed by atoms with Gasteiger partial charge in [-0.2, -0.15) is 0 Å². The summed E-state index contributed by atoms with van der Waals surface area (Å²) in [6.07, 6.45) is 0. The molecule has 1 rings (SSSR count). The normalized spacial score (nSPS) is 11.6. The molecule has 1 nitrogen and oxygen atoms in total. The van der Waals surface area contributed by atoms with Crippen LogP contribution >= 0.6 is 15.9 Å². The van der Waals surface area contributed by atoms with Gasteiger partial charge in [0.2, 0.25) is 0 Å². The summed E-state index contributed by atoms with van der Waals surface area (Å²) in [4.78, 5) is 0. The molecule has 0 aliphatic heterocycles. The van der Waals surface area contributed by atoms with E-state index in [1.807, 2.05) is 0 Å². The smallest absolute Gasteiger partial charge is 0.270 e. The molecule has 0 aliphatic carbocycles. The highest BCUT2D eigenvalue weighted by molar-refractivity contribution is 9.10. The molecule has 0 unspecified atom stereocenters. The van der Waals surface area contributed by atoms with Crippen molar-refractivity contribution in [3.63, 3.8) is 0 Å². The van der Waals surface area contributed by atoms with Crippen LogP contribution in [0.25, 0.3) is 0 Å². The van der Waals surface area contributed by atoms with Crippen LogP contribution in [0.5, 0.6) is 5.75 Å². The standard InChI is InChI=1S/C9H8BrF3O/c1-9(12,13)5-3-6(10)8(14-2)7(11)4-5/h3-4H,1-2H3. The Hall–Kier alpha value is -0.710. The van der Waals surface area contributed by atoms with Gasteiger partial charge >= 0.3 is 0 Å². The van der Waals surface area contributed by atoms with E-state index in [4.69, 9.17) is 0 Å². The predicted octanol–water partition coefficient (Wildman–Crippen LogP) is 3.71. The molecule has 14 heavy (non-hydrogen) atoms. The molecule has 0 fully saturated rings. The van der Waals surface area contributed by atoms with Gasteiger partial charge in [-0.3, -0.25) is 0 Å². The maximum Gasteiger partial charge on any atom is 0.270 e. The van der Waals surface area contributed by atoms with Crippen molar-refractivity contribution < 1.29 is 17.9 Å². The first-order chi connectivity index (χ1) is 6.36. The fraction of sp³-hybridized carbons (Fsp3) is 0.333. The van der Waals surface area contributed by atoms with Crippen molar-refractivity contribution in [2.45, 2.75) is 12.8 Å². The van der Waals surface area contributed by atoms with Gasteiger partial charge in [0.05, 0.1) is 11.6 Å². The third kappa shape index (κ3) is 2.20. The second-order valence-corrected chi connectivity index (χ2v) is 3.72. The lowest BCUT2D eigenvalue weighted by Gasteiger charge is -2.13. The van der Waals surface area contributed by atoms with E-state index in [-0.39, 0.29) is 15.8 Å². The van der Waals surface area contributed by atoms with Gasteiger partial charge in [0.15, 0.2) is 11.6 Å². The molecule has 0 heterocycles. The van der Waals surface area contributed by atoms with Gasteiger partial charge in [-0.25, -0.2) is 13.2 Å². The summed E-state index contributed by atoms with van der Waals surface area (Å²) in [6, 6.07) is 1.91. The first-order valence-electron chi connectivity index (χ1n) is 3.77. The zero-order valence-electron chi connectivity index (χ0n) is 7.57. The number of benzene rings is 1. The molecule has 0 aromatic heterocycles. The van der Waals surface area contributed by atoms with Crippen molar-refractivity contribution in [3.05, 3.63) is 28.0 Å². The first kappa shape index (κ1) is 11.4. The quantitative estimate of drug-likeness (QED) is 0.795. The highest BCUT2D eigenvalue weighted by Crippen LogP contribution is 2.35. The SMILES string of the molecule is COc1c(F)cc(C(C)(F)F)cc1Br. The van der Waals surface area contributed by atoms with Gasteiger partial charge in [-0.05, 0) is 28.1 Å². The van der Waals surface area contributed by atoms with Gasteiger partial charge in [0.1, 0.15) is 0 Å². The predicted molar refractivity (Wildman–Crippen MR) is 50.2 cm³/mol. The summed E-state index contributed by atoms with van der Waals surface area (Å²) in [5.41, 5.74) is -0.386. The summed E-state index contributed by atoms with van der Waals surface area (Å²) in [5.74, 6) is -3.94. The number of ether oxygens (including phenoxy) is 1. The van der Waals surface area contributed by atoms with Crippen molar-refractivity contribution in [3.8, 4) is 5.75 Å². The third-order valence-corrected chi connectivity index (χ3v) is 2.30. The van der Waals surface area contributed by atoms with Crippen LogP contribution in [0, 0.1) is 5.82 Å². The summed E-state index contributed by atoms with van der Waals surface area (Å²) in [5, 5.41) is 0. The number of methoxy groups -OCH3 is 1. The van der Waals surface area contributed by atoms with Crippen LogP contribution < -0.4 is 4.74 Å². The molecular weight excluding hydrogens is 261 g/mol. The second-order valence-electron chi connectivity index (χ2n) is 2.86. The summed E-state index contributed by atoms with van der Waals surface area (Å²) in [6.45, 7) is 0.709. The molecule has 78 valence electrons. The van der Waals surface area contributed by atoms with Crippen LogP contribution in [0.1, 0.15) is 12.5 Å². The molecule has 1 aromatic carbocycles. The zero-order chi connectivity index (χ0) is 10.9. The number of hydrogen-bond donors (Lipinski definition) is 0. The molecule has 0 spiro atoms. The minimum atomic E-state index is -3.06. The number of alkyl halides is 2. The Kier molecular flexibility index (Phi) is 3.09. The van der Waals surface area contributed by atoms with Crippen molar-refractivity contribution in [1.82, 2.24) is 0 Å². The van der Waals surface area contributed by atoms with Crippen LogP contribution in [0.2, 0.25) is 0 Å². The Morgan fingerprint density at radius 3 is 2.29 bits per heavy atom. The van der Waals surface area contributed by atoms with E-state index < -0.39 is 11.7 Å². The van der Waals surface area contributed by atoms with Crippen LogP contribution in [-0.2, 0) is 5.92 Å². The fourth-order valence-corrected chi connectivity index (χ4v) is 1.61. The zero-order valence-corrected chi connectivity index (χ0v) is 9.16. The van der Waals surface area contributed by atoms with Crippen molar-refractivity contribution in [1.29, 1.82) is 0 Å². The van der Waals surface area contributed by atoms with E-state index in [9.17, 15) is 13.2 Å². The molecule has 0 atom stereocenters. The van der Waals surface area contributed by atoms with Crippen molar-refractivity contribution in [2.75, 3.05) is 7.11 Å². The lowest BCUT2D eigenvalue weighted by molar-refractivity contribution is 0.0170. The number of hydrogen-bond acceptors (Lipinski definition) is 1. The second kappa shape index (κ2) is 3.81. The molecule has 0 bridgehead atoms. The minimum Gasteiger partial charge on any atom is -0.492 e. The van der Waals surface area contributed by atoms with Crippen molar-refractivity contribution >= 4 is 15.9 Å². The highest BCUT2D eigenvalue weighted by atomic mass is 79.9. The van der Waals surface area contributed by atoms with Gasteiger partial charge in [-0.1, -0.05) is 0 Å². The van der Waals surface area contributed by atoms with Crippen LogP contribution in [0.4, 0.5) is 13.2 Å². The van der Waals surface area contributed by atoms with Gasteiger partial charge in [0, 0.05) is 12.5 Å². The maximum absolute atomic E-state index is 13.2. The topological polar surface area (TPSA) is 9.23 Å². The van der Waals surface area contributed by atoms with Gasteiger partial charge < -0.3 is 4.74 Å².